The summed E-state index contributed by atoms with van der Waals surface area (Å²) in [5, 5.41) is 8.99. The molecule has 0 spiro atoms. The third-order valence-corrected chi connectivity index (χ3v) is 3.47. The molecule has 1 saturated heterocycles. The second-order valence-corrected chi connectivity index (χ2v) is 4.76. The van der Waals surface area contributed by atoms with E-state index in [0.717, 1.165) is 0 Å². The summed E-state index contributed by atoms with van der Waals surface area (Å²) < 4.78 is 10.4. The molecule has 1 N–H and O–H groups in total. The molecule has 6 nitrogen and oxygen atoms in total. The number of likely N-dealkylation sites (tertiary alicyclic amines) is 1. The van der Waals surface area contributed by atoms with Crippen LogP contribution in [-0.4, -0.2) is 48.4 Å². The van der Waals surface area contributed by atoms with E-state index < -0.39 is 18.2 Å². The van der Waals surface area contributed by atoms with Gasteiger partial charge in [0.05, 0.1) is 19.2 Å². The molecule has 2 unspecified atom stereocenters. The first-order chi connectivity index (χ1) is 10.0. The number of hydrogen-bond donors (Lipinski definition) is 1. The van der Waals surface area contributed by atoms with Gasteiger partial charge in [0.1, 0.15) is 11.9 Å². The van der Waals surface area contributed by atoms with E-state index in [1.807, 2.05) is 0 Å². The minimum atomic E-state index is -1.02. The Bertz CT molecular complexity index is 539. The van der Waals surface area contributed by atoms with Crippen molar-refractivity contribution >= 4 is 12.1 Å². The van der Waals surface area contributed by atoms with Gasteiger partial charge in [0.25, 0.3) is 0 Å². The average molecular weight is 291 g/mol. The Kier molecular flexibility index (Phi) is 4.47. The van der Waals surface area contributed by atoms with Crippen molar-refractivity contribution in [2.24, 2.45) is 5.92 Å². The van der Waals surface area contributed by atoms with Crippen molar-refractivity contribution in [2.45, 2.75) is 6.10 Å². The van der Waals surface area contributed by atoms with Gasteiger partial charge in [-0.25, -0.2) is 9.59 Å². The van der Waals surface area contributed by atoms with E-state index in [1.54, 1.807) is 37.5 Å². The average Bonchev–Trinajstić information content (AvgIpc) is 2.90. The smallest absolute Gasteiger partial charge is 0.407 e. The summed E-state index contributed by atoms with van der Waals surface area (Å²) in [5.41, 5.74) is 0.396. The highest BCUT2D eigenvalue weighted by atomic mass is 16.5. The number of hydrogen-bond acceptors (Lipinski definition) is 4. The lowest BCUT2D eigenvalue weighted by atomic mass is 10.1. The van der Waals surface area contributed by atoms with E-state index in [0.29, 0.717) is 17.9 Å². The maximum atomic E-state index is 12.1. The number of carbonyl (C=O) groups excluding carboxylic acids is 1. The molecule has 6 heteroatoms. The van der Waals surface area contributed by atoms with Crippen LogP contribution in [0, 0.1) is 5.92 Å². The highest BCUT2D eigenvalue weighted by Crippen LogP contribution is 2.22. The van der Waals surface area contributed by atoms with Gasteiger partial charge < -0.3 is 19.5 Å². The third kappa shape index (κ3) is 3.34. The molecular formula is C15H17NO5. The van der Waals surface area contributed by atoms with Gasteiger partial charge in [-0.05, 0) is 24.3 Å². The van der Waals surface area contributed by atoms with Gasteiger partial charge >= 0.3 is 12.1 Å². The molecule has 1 fully saturated rings. The maximum Gasteiger partial charge on any atom is 0.407 e. The number of ether oxygens (including phenoxy) is 2. The van der Waals surface area contributed by atoms with Gasteiger partial charge in [-0.15, -0.1) is 6.58 Å². The first-order valence-corrected chi connectivity index (χ1v) is 6.50. The van der Waals surface area contributed by atoms with Gasteiger partial charge in [0.2, 0.25) is 0 Å². The molecule has 112 valence electrons. The van der Waals surface area contributed by atoms with Crippen molar-refractivity contribution < 1.29 is 24.2 Å². The summed E-state index contributed by atoms with van der Waals surface area (Å²) in [6.45, 7) is 4.11. The molecule has 0 aliphatic carbocycles. The molecule has 1 heterocycles. The number of rotatable bonds is 4. The van der Waals surface area contributed by atoms with Crippen molar-refractivity contribution in [1.82, 2.24) is 4.90 Å². The van der Waals surface area contributed by atoms with Crippen molar-refractivity contribution in [3.63, 3.8) is 0 Å². The molecule has 0 radical (unpaired) electrons. The number of carboxylic acid groups (broad SMARTS) is 1. The molecule has 1 aliphatic rings. The maximum absolute atomic E-state index is 12.1. The SMILES string of the molecule is C=CC1CN(C(=O)O)CC1OC(=O)c1ccc(OC)cc1. The fourth-order valence-corrected chi connectivity index (χ4v) is 2.24. The Balaban J connectivity index is 2.03. The first-order valence-electron chi connectivity index (χ1n) is 6.50. The molecule has 1 aliphatic heterocycles. The Morgan fingerprint density at radius 1 is 1.33 bits per heavy atom. The highest BCUT2D eigenvalue weighted by Gasteiger charge is 2.36. The van der Waals surface area contributed by atoms with E-state index >= 15 is 0 Å². The summed E-state index contributed by atoms with van der Waals surface area (Å²) in [6.07, 6.45) is 0.0904. The lowest BCUT2D eigenvalue weighted by Crippen LogP contribution is -2.29. The zero-order chi connectivity index (χ0) is 15.4. The number of carbonyl (C=O) groups is 2. The minimum Gasteiger partial charge on any atom is -0.497 e. The van der Waals surface area contributed by atoms with Crippen LogP contribution in [0.5, 0.6) is 5.75 Å². The van der Waals surface area contributed by atoms with Gasteiger partial charge in [0.15, 0.2) is 0 Å². The van der Waals surface area contributed by atoms with Crippen LogP contribution in [0.15, 0.2) is 36.9 Å². The second kappa shape index (κ2) is 6.30. The van der Waals surface area contributed by atoms with E-state index in [-0.39, 0.29) is 12.5 Å². The van der Waals surface area contributed by atoms with Crippen LogP contribution in [0.3, 0.4) is 0 Å². The first kappa shape index (κ1) is 14.9. The Morgan fingerprint density at radius 3 is 2.52 bits per heavy atom. The number of nitrogens with zero attached hydrogens (tertiary/aromatic N) is 1. The van der Waals surface area contributed by atoms with E-state index in [4.69, 9.17) is 14.6 Å². The van der Waals surface area contributed by atoms with Gasteiger partial charge in [-0.1, -0.05) is 6.08 Å². The largest absolute Gasteiger partial charge is 0.497 e. The molecule has 0 aromatic heterocycles. The number of methoxy groups -OCH3 is 1. The zero-order valence-corrected chi connectivity index (χ0v) is 11.7. The summed E-state index contributed by atoms with van der Waals surface area (Å²) in [4.78, 5) is 24.3. The van der Waals surface area contributed by atoms with Crippen molar-refractivity contribution in [1.29, 1.82) is 0 Å². The van der Waals surface area contributed by atoms with Crippen LogP contribution in [0.4, 0.5) is 4.79 Å². The highest BCUT2D eigenvalue weighted by molar-refractivity contribution is 5.89. The monoisotopic (exact) mass is 291 g/mol. The molecule has 0 bridgehead atoms. The Morgan fingerprint density at radius 2 is 2.00 bits per heavy atom. The molecule has 21 heavy (non-hydrogen) atoms. The van der Waals surface area contributed by atoms with Crippen molar-refractivity contribution in [2.75, 3.05) is 20.2 Å². The van der Waals surface area contributed by atoms with Gasteiger partial charge in [-0.3, -0.25) is 0 Å². The molecular weight excluding hydrogens is 274 g/mol. The van der Waals surface area contributed by atoms with E-state index in [1.165, 1.54) is 4.90 Å². The summed E-state index contributed by atoms with van der Waals surface area (Å²) in [6, 6.07) is 6.54. The van der Waals surface area contributed by atoms with Crippen LogP contribution in [0.25, 0.3) is 0 Å². The van der Waals surface area contributed by atoms with Crippen LogP contribution in [-0.2, 0) is 4.74 Å². The van der Waals surface area contributed by atoms with Crippen molar-refractivity contribution in [3.05, 3.63) is 42.5 Å². The lowest BCUT2D eigenvalue weighted by Gasteiger charge is -2.16. The molecule has 2 atom stereocenters. The molecule has 1 aromatic carbocycles. The van der Waals surface area contributed by atoms with Crippen LogP contribution >= 0.6 is 0 Å². The zero-order valence-electron chi connectivity index (χ0n) is 11.7. The standard InChI is InChI=1S/C15H17NO5/c1-3-10-8-16(15(18)19)9-13(10)21-14(17)11-4-6-12(20-2)7-5-11/h3-7,10,13H,1,8-9H2,2H3,(H,18,19). The van der Waals surface area contributed by atoms with E-state index in [9.17, 15) is 9.59 Å². The van der Waals surface area contributed by atoms with Crippen LogP contribution < -0.4 is 4.74 Å². The predicted molar refractivity (Wildman–Crippen MR) is 75.5 cm³/mol. The minimum absolute atomic E-state index is 0.161. The Hall–Kier alpha value is -2.50. The topological polar surface area (TPSA) is 76.1 Å². The van der Waals surface area contributed by atoms with Gasteiger partial charge in [-0.2, -0.15) is 0 Å². The summed E-state index contributed by atoms with van der Waals surface area (Å²) in [5.74, 6) is -0.0292. The third-order valence-electron chi connectivity index (χ3n) is 3.47. The number of esters is 1. The number of benzene rings is 1. The summed E-state index contributed by atoms with van der Waals surface area (Å²) in [7, 11) is 1.54. The molecule has 1 amide bonds. The predicted octanol–water partition coefficient (Wildman–Crippen LogP) is 2.02. The molecule has 2 rings (SSSR count). The van der Waals surface area contributed by atoms with Crippen LogP contribution in [0.2, 0.25) is 0 Å². The molecule has 1 aromatic rings. The fourth-order valence-electron chi connectivity index (χ4n) is 2.24. The van der Waals surface area contributed by atoms with Crippen LogP contribution in [0.1, 0.15) is 10.4 Å². The molecule has 0 saturated carbocycles. The normalized spacial score (nSPS) is 20.9. The van der Waals surface area contributed by atoms with Gasteiger partial charge in [0, 0.05) is 12.5 Å². The fraction of sp³-hybridized carbons (Fsp3) is 0.333. The summed E-state index contributed by atoms with van der Waals surface area (Å²) >= 11 is 0. The lowest BCUT2D eigenvalue weighted by molar-refractivity contribution is 0.0270. The van der Waals surface area contributed by atoms with E-state index in [2.05, 4.69) is 6.58 Å². The quantitative estimate of drug-likeness (QED) is 0.678. The van der Waals surface area contributed by atoms with Crippen molar-refractivity contribution in [3.8, 4) is 5.75 Å². The second-order valence-electron chi connectivity index (χ2n) is 4.76. The number of amides is 1. The Labute approximate surface area is 122 Å².